The van der Waals surface area contributed by atoms with Gasteiger partial charge in [-0.15, -0.1) is 0 Å². The Kier molecular flexibility index (Phi) is 9.03. The van der Waals surface area contributed by atoms with Gasteiger partial charge in [-0.3, -0.25) is 0 Å². The third-order valence-electron chi connectivity index (χ3n) is 5.05. The summed E-state index contributed by atoms with van der Waals surface area (Å²) in [6.07, 6.45) is 5.35. The molecule has 0 fully saturated rings. The standard InChI is InChI=1S/C23H32O6/c1-5-17(4)20-10-12-21(13-11-20)29-23(25)27-15-19-8-6-18(7-9-19)14-26-22(24)28-16(2)3/h6-10,12,16-17,20-21H,5,11,13-15H2,1-4H3. The smallest absolute Gasteiger partial charge is 0.432 e. The van der Waals surface area contributed by atoms with Gasteiger partial charge in [0.15, 0.2) is 0 Å². The first-order valence-corrected chi connectivity index (χ1v) is 10.3. The minimum absolute atomic E-state index is 0.125. The van der Waals surface area contributed by atoms with Crippen molar-refractivity contribution in [3.63, 3.8) is 0 Å². The van der Waals surface area contributed by atoms with E-state index in [0.717, 1.165) is 30.4 Å². The molecule has 1 aliphatic carbocycles. The first-order chi connectivity index (χ1) is 13.9. The van der Waals surface area contributed by atoms with Crippen LogP contribution >= 0.6 is 0 Å². The number of benzene rings is 1. The Labute approximate surface area is 173 Å². The summed E-state index contributed by atoms with van der Waals surface area (Å²) in [4.78, 5) is 23.3. The number of ether oxygens (including phenoxy) is 4. The monoisotopic (exact) mass is 404 g/mol. The molecule has 0 saturated heterocycles. The minimum atomic E-state index is -0.692. The van der Waals surface area contributed by atoms with Crippen molar-refractivity contribution >= 4 is 12.3 Å². The van der Waals surface area contributed by atoms with Crippen molar-refractivity contribution in [3.8, 4) is 0 Å². The third kappa shape index (κ3) is 8.18. The molecule has 1 aromatic rings. The van der Waals surface area contributed by atoms with Crippen molar-refractivity contribution in [1.82, 2.24) is 0 Å². The summed E-state index contributed by atoms with van der Waals surface area (Å²) < 4.78 is 20.5. The lowest BCUT2D eigenvalue weighted by atomic mass is 9.83. The molecular formula is C23H32O6. The Morgan fingerprint density at radius 3 is 2.00 bits per heavy atom. The van der Waals surface area contributed by atoms with E-state index in [-0.39, 0.29) is 25.4 Å². The fourth-order valence-corrected chi connectivity index (χ4v) is 3.09. The van der Waals surface area contributed by atoms with E-state index in [1.807, 2.05) is 30.3 Å². The van der Waals surface area contributed by atoms with Gasteiger partial charge in [-0.05, 0) is 55.7 Å². The largest absolute Gasteiger partial charge is 0.509 e. The lowest BCUT2D eigenvalue weighted by Gasteiger charge is -2.26. The lowest BCUT2D eigenvalue weighted by molar-refractivity contribution is 0.0260. The number of allylic oxidation sites excluding steroid dienone is 1. The quantitative estimate of drug-likeness (QED) is 0.404. The second-order valence-electron chi connectivity index (χ2n) is 7.73. The zero-order chi connectivity index (χ0) is 21.2. The van der Waals surface area contributed by atoms with Crippen molar-refractivity contribution in [2.75, 3.05) is 0 Å². The molecule has 0 bridgehead atoms. The first kappa shape index (κ1) is 22.8. The van der Waals surface area contributed by atoms with Gasteiger partial charge in [0.05, 0.1) is 6.10 Å². The summed E-state index contributed by atoms with van der Waals surface area (Å²) >= 11 is 0. The molecule has 0 saturated carbocycles. The predicted octanol–water partition coefficient (Wildman–Crippen LogP) is 5.78. The number of carbonyl (C=O) groups excluding carboxylic acids is 2. The van der Waals surface area contributed by atoms with E-state index in [0.29, 0.717) is 11.8 Å². The molecular weight excluding hydrogens is 372 g/mol. The zero-order valence-electron chi connectivity index (χ0n) is 17.8. The van der Waals surface area contributed by atoms with Crippen LogP contribution in [0.4, 0.5) is 9.59 Å². The Hall–Kier alpha value is -2.50. The maximum atomic E-state index is 11.9. The molecule has 3 atom stereocenters. The third-order valence-corrected chi connectivity index (χ3v) is 5.05. The molecule has 6 nitrogen and oxygen atoms in total. The van der Waals surface area contributed by atoms with Crippen LogP contribution in [0.15, 0.2) is 36.4 Å². The van der Waals surface area contributed by atoms with Gasteiger partial charge in [-0.1, -0.05) is 50.6 Å². The Balaban J connectivity index is 1.70. The van der Waals surface area contributed by atoms with E-state index in [1.165, 1.54) is 0 Å². The molecule has 0 heterocycles. The SMILES string of the molecule is CCC(C)C1C=CC(OC(=O)OCc2ccc(COC(=O)OC(C)C)cc2)CC1. The van der Waals surface area contributed by atoms with Crippen molar-refractivity contribution in [3.05, 3.63) is 47.5 Å². The summed E-state index contributed by atoms with van der Waals surface area (Å²) in [5.41, 5.74) is 1.65. The average molecular weight is 405 g/mol. The molecule has 3 unspecified atom stereocenters. The average Bonchev–Trinajstić information content (AvgIpc) is 2.71. The maximum Gasteiger partial charge on any atom is 0.509 e. The highest BCUT2D eigenvalue weighted by Crippen LogP contribution is 2.28. The molecule has 0 radical (unpaired) electrons. The van der Waals surface area contributed by atoms with E-state index < -0.39 is 12.3 Å². The number of carbonyl (C=O) groups is 2. The molecule has 0 amide bonds. The van der Waals surface area contributed by atoms with Crippen LogP contribution in [0.5, 0.6) is 0 Å². The van der Waals surface area contributed by atoms with E-state index in [2.05, 4.69) is 19.9 Å². The van der Waals surface area contributed by atoms with Crippen LogP contribution in [0.3, 0.4) is 0 Å². The minimum Gasteiger partial charge on any atom is -0.432 e. The number of hydrogen-bond acceptors (Lipinski definition) is 6. The lowest BCUT2D eigenvalue weighted by Crippen LogP contribution is -2.23. The van der Waals surface area contributed by atoms with Crippen LogP contribution in [-0.2, 0) is 32.2 Å². The van der Waals surface area contributed by atoms with Crippen molar-refractivity contribution in [2.45, 2.75) is 72.4 Å². The molecule has 0 spiro atoms. The van der Waals surface area contributed by atoms with Gasteiger partial charge in [0, 0.05) is 0 Å². The highest BCUT2D eigenvalue weighted by atomic mass is 16.7. The first-order valence-electron chi connectivity index (χ1n) is 10.3. The highest BCUT2D eigenvalue weighted by molar-refractivity contribution is 5.60. The molecule has 0 N–H and O–H groups in total. The van der Waals surface area contributed by atoms with Gasteiger partial charge in [-0.25, -0.2) is 9.59 Å². The van der Waals surface area contributed by atoms with Crippen LogP contribution in [0.2, 0.25) is 0 Å². The van der Waals surface area contributed by atoms with Crippen molar-refractivity contribution in [2.24, 2.45) is 11.8 Å². The maximum absolute atomic E-state index is 11.9. The van der Waals surface area contributed by atoms with Crippen LogP contribution in [0.1, 0.15) is 58.1 Å². The summed E-state index contributed by atoms with van der Waals surface area (Å²) in [5, 5.41) is 0. The number of rotatable bonds is 8. The van der Waals surface area contributed by atoms with E-state index >= 15 is 0 Å². The molecule has 0 aliphatic heterocycles. The normalized spacial score (nSPS) is 19.5. The second kappa shape index (κ2) is 11.5. The molecule has 1 aliphatic rings. The Morgan fingerprint density at radius 1 is 0.931 bits per heavy atom. The molecule has 160 valence electrons. The fraction of sp³-hybridized carbons (Fsp3) is 0.565. The molecule has 2 rings (SSSR count). The Morgan fingerprint density at radius 2 is 1.52 bits per heavy atom. The molecule has 0 aromatic heterocycles. The fourth-order valence-electron chi connectivity index (χ4n) is 3.09. The topological polar surface area (TPSA) is 71.1 Å². The van der Waals surface area contributed by atoms with Crippen LogP contribution in [0.25, 0.3) is 0 Å². The van der Waals surface area contributed by atoms with Gasteiger partial charge in [-0.2, -0.15) is 0 Å². The van der Waals surface area contributed by atoms with Crippen molar-refractivity contribution < 1.29 is 28.5 Å². The highest BCUT2D eigenvalue weighted by Gasteiger charge is 2.22. The molecule has 6 heteroatoms. The van der Waals surface area contributed by atoms with Gasteiger partial charge >= 0.3 is 12.3 Å². The van der Waals surface area contributed by atoms with Gasteiger partial charge in [0.1, 0.15) is 19.3 Å². The van der Waals surface area contributed by atoms with Gasteiger partial charge in [0.25, 0.3) is 0 Å². The number of hydrogen-bond donors (Lipinski definition) is 0. The van der Waals surface area contributed by atoms with Crippen LogP contribution < -0.4 is 0 Å². The van der Waals surface area contributed by atoms with Crippen LogP contribution in [-0.4, -0.2) is 24.5 Å². The molecule has 1 aromatic carbocycles. The van der Waals surface area contributed by atoms with Crippen LogP contribution in [0, 0.1) is 11.8 Å². The zero-order valence-corrected chi connectivity index (χ0v) is 17.8. The summed E-state index contributed by atoms with van der Waals surface area (Å²) in [6, 6.07) is 7.26. The van der Waals surface area contributed by atoms with Gasteiger partial charge in [0.2, 0.25) is 0 Å². The van der Waals surface area contributed by atoms with E-state index in [9.17, 15) is 9.59 Å². The molecule has 29 heavy (non-hydrogen) atoms. The second-order valence-corrected chi connectivity index (χ2v) is 7.73. The van der Waals surface area contributed by atoms with E-state index in [4.69, 9.17) is 18.9 Å². The van der Waals surface area contributed by atoms with Gasteiger partial charge < -0.3 is 18.9 Å². The van der Waals surface area contributed by atoms with E-state index in [1.54, 1.807) is 13.8 Å². The summed E-state index contributed by atoms with van der Waals surface area (Å²) in [7, 11) is 0. The summed E-state index contributed by atoms with van der Waals surface area (Å²) in [5.74, 6) is 1.21. The predicted molar refractivity (Wildman–Crippen MR) is 109 cm³/mol. The summed E-state index contributed by atoms with van der Waals surface area (Å²) in [6.45, 7) is 8.21. The Bertz CT molecular complexity index is 679. The van der Waals surface area contributed by atoms with Crippen molar-refractivity contribution in [1.29, 1.82) is 0 Å².